The van der Waals surface area contributed by atoms with Gasteiger partial charge < -0.3 is 10.4 Å². The van der Waals surface area contributed by atoms with Gasteiger partial charge in [0.05, 0.1) is 5.92 Å². The van der Waals surface area contributed by atoms with Crippen molar-refractivity contribution in [2.24, 2.45) is 5.92 Å². The van der Waals surface area contributed by atoms with Crippen LogP contribution in [0.3, 0.4) is 0 Å². The van der Waals surface area contributed by atoms with Crippen LogP contribution in [0.25, 0.3) is 11.1 Å². The largest absolute Gasteiger partial charge is 0.481 e. The Bertz CT molecular complexity index is 1150. The fraction of sp³-hybridized carbons (Fsp3) is 0.321. The van der Waals surface area contributed by atoms with E-state index in [0.29, 0.717) is 12.3 Å². The van der Waals surface area contributed by atoms with Crippen LogP contribution in [-0.2, 0) is 16.0 Å². The highest BCUT2D eigenvalue weighted by atomic mass is 16.4. The van der Waals surface area contributed by atoms with Crippen LogP contribution in [-0.4, -0.2) is 22.0 Å². The van der Waals surface area contributed by atoms with Gasteiger partial charge in [-0.15, -0.1) is 0 Å². The number of aromatic nitrogens is 1. The summed E-state index contributed by atoms with van der Waals surface area (Å²) in [4.78, 5) is 28.7. The number of nitrogens with zero attached hydrogens (tertiary/aromatic N) is 1. The lowest BCUT2D eigenvalue weighted by Gasteiger charge is -2.33. The molecule has 2 N–H and O–H groups in total. The summed E-state index contributed by atoms with van der Waals surface area (Å²) >= 11 is 0. The molecular formula is C28H30N2O3. The summed E-state index contributed by atoms with van der Waals surface area (Å²) in [5.74, 6) is -0.681. The molecule has 170 valence electrons. The lowest BCUT2D eigenvalue weighted by molar-refractivity contribution is -0.137. The molecule has 0 bridgehead atoms. The van der Waals surface area contributed by atoms with Crippen molar-refractivity contribution in [1.29, 1.82) is 0 Å². The lowest BCUT2D eigenvalue weighted by atomic mass is 9.72. The second-order valence-electron chi connectivity index (χ2n) is 9.01. The lowest BCUT2D eigenvalue weighted by Crippen LogP contribution is -2.31. The van der Waals surface area contributed by atoms with E-state index in [1.807, 2.05) is 44.4 Å². The number of rotatable bonds is 8. The van der Waals surface area contributed by atoms with Gasteiger partial charge in [-0.05, 0) is 79.0 Å². The van der Waals surface area contributed by atoms with Crippen LogP contribution in [0.15, 0.2) is 60.9 Å². The number of anilines is 1. The Morgan fingerprint density at radius 3 is 2.45 bits per heavy atom. The Labute approximate surface area is 194 Å². The first kappa shape index (κ1) is 22.7. The van der Waals surface area contributed by atoms with Crippen molar-refractivity contribution < 1.29 is 14.7 Å². The molecule has 1 fully saturated rings. The summed E-state index contributed by atoms with van der Waals surface area (Å²) in [5, 5.41) is 12.1. The second kappa shape index (κ2) is 9.99. The van der Waals surface area contributed by atoms with Crippen LogP contribution < -0.4 is 5.32 Å². The van der Waals surface area contributed by atoms with E-state index in [-0.39, 0.29) is 18.2 Å². The van der Waals surface area contributed by atoms with Gasteiger partial charge in [-0.25, -0.2) is 0 Å². The standard InChI is InChI=1S/C28H30N2O3/c1-18-15-24(17-29-16-18)21-9-11-23(12-10-21)27(22-6-3-7-22)28(33)30-25-8-4-5-20(19(25)2)13-14-26(31)32/h4-5,8-12,15-17,22,27H,3,6-7,13-14H2,1-2H3,(H,30,33)(H,31,32)/t27-/m1/s1. The van der Waals surface area contributed by atoms with Crippen molar-refractivity contribution in [2.45, 2.75) is 51.9 Å². The SMILES string of the molecule is Cc1cncc(-c2ccc([C@H](C(=O)Nc3cccc(CCC(=O)O)c3C)C3CCC3)cc2)c1. The minimum atomic E-state index is -0.821. The summed E-state index contributed by atoms with van der Waals surface area (Å²) in [6, 6.07) is 16.1. The summed E-state index contributed by atoms with van der Waals surface area (Å²) in [5.41, 5.74) is 6.94. The van der Waals surface area contributed by atoms with Gasteiger partial charge >= 0.3 is 5.97 Å². The molecule has 2 aromatic carbocycles. The Kier molecular flexibility index (Phi) is 6.87. The molecule has 5 nitrogen and oxygen atoms in total. The first-order valence-corrected chi connectivity index (χ1v) is 11.6. The molecule has 1 saturated carbocycles. The van der Waals surface area contributed by atoms with Gasteiger partial charge in [-0.2, -0.15) is 0 Å². The van der Waals surface area contributed by atoms with E-state index in [9.17, 15) is 9.59 Å². The van der Waals surface area contributed by atoms with Crippen molar-refractivity contribution in [1.82, 2.24) is 4.98 Å². The highest BCUT2D eigenvalue weighted by Gasteiger charge is 2.34. The van der Waals surface area contributed by atoms with Gasteiger partial charge in [0, 0.05) is 30.1 Å². The molecule has 5 heteroatoms. The van der Waals surface area contributed by atoms with E-state index in [4.69, 9.17) is 5.11 Å². The summed E-state index contributed by atoms with van der Waals surface area (Å²) in [6.45, 7) is 3.97. The molecule has 0 radical (unpaired) electrons. The molecule has 3 aromatic rings. The van der Waals surface area contributed by atoms with E-state index in [0.717, 1.165) is 58.3 Å². The average Bonchev–Trinajstić information content (AvgIpc) is 2.76. The molecule has 1 amide bonds. The zero-order valence-electron chi connectivity index (χ0n) is 19.2. The first-order valence-electron chi connectivity index (χ1n) is 11.6. The number of aryl methyl sites for hydroxylation is 2. The van der Waals surface area contributed by atoms with Crippen LogP contribution >= 0.6 is 0 Å². The van der Waals surface area contributed by atoms with Crippen molar-refractivity contribution in [3.8, 4) is 11.1 Å². The zero-order valence-corrected chi connectivity index (χ0v) is 19.2. The van der Waals surface area contributed by atoms with Gasteiger partial charge in [0.15, 0.2) is 0 Å². The quantitative estimate of drug-likeness (QED) is 0.455. The maximum atomic E-state index is 13.5. The average molecular weight is 443 g/mol. The molecule has 1 heterocycles. The van der Waals surface area contributed by atoms with Gasteiger partial charge in [0.25, 0.3) is 0 Å². The van der Waals surface area contributed by atoms with Gasteiger partial charge in [0.2, 0.25) is 5.91 Å². The molecule has 1 aromatic heterocycles. The molecule has 1 atom stereocenters. The molecule has 0 spiro atoms. The van der Waals surface area contributed by atoms with Gasteiger partial charge in [-0.3, -0.25) is 14.6 Å². The number of hydrogen-bond donors (Lipinski definition) is 2. The van der Waals surface area contributed by atoms with E-state index in [1.165, 1.54) is 0 Å². The fourth-order valence-electron chi connectivity index (χ4n) is 4.55. The van der Waals surface area contributed by atoms with Crippen LogP contribution in [0.1, 0.15) is 53.9 Å². The van der Waals surface area contributed by atoms with E-state index in [1.54, 1.807) is 0 Å². The van der Waals surface area contributed by atoms with Gasteiger partial charge in [-0.1, -0.05) is 42.8 Å². The van der Waals surface area contributed by atoms with Crippen LogP contribution in [0.5, 0.6) is 0 Å². The Balaban J connectivity index is 1.55. The molecule has 4 rings (SSSR count). The number of carbonyl (C=O) groups excluding carboxylic acids is 1. The highest BCUT2D eigenvalue weighted by molar-refractivity contribution is 5.97. The fourth-order valence-corrected chi connectivity index (χ4v) is 4.55. The Morgan fingerprint density at radius 1 is 1.06 bits per heavy atom. The summed E-state index contributed by atoms with van der Waals surface area (Å²) < 4.78 is 0. The predicted molar refractivity (Wildman–Crippen MR) is 130 cm³/mol. The predicted octanol–water partition coefficient (Wildman–Crippen LogP) is 5.91. The smallest absolute Gasteiger partial charge is 0.303 e. The number of benzene rings is 2. The molecule has 0 unspecified atom stereocenters. The number of carbonyl (C=O) groups is 2. The Morgan fingerprint density at radius 2 is 1.82 bits per heavy atom. The van der Waals surface area contributed by atoms with Crippen molar-refractivity contribution in [2.75, 3.05) is 5.32 Å². The Hall–Kier alpha value is -3.47. The molecule has 1 aliphatic carbocycles. The third-order valence-corrected chi connectivity index (χ3v) is 6.69. The number of aliphatic carboxylic acids is 1. The second-order valence-corrected chi connectivity index (χ2v) is 9.01. The topological polar surface area (TPSA) is 79.3 Å². The zero-order chi connectivity index (χ0) is 23.4. The van der Waals surface area contributed by atoms with Crippen LogP contribution in [0, 0.1) is 19.8 Å². The monoisotopic (exact) mass is 442 g/mol. The van der Waals surface area contributed by atoms with Crippen molar-refractivity contribution >= 4 is 17.6 Å². The molecule has 33 heavy (non-hydrogen) atoms. The number of amides is 1. The number of pyridine rings is 1. The van der Waals surface area contributed by atoms with Crippen molar-refractivity contribution in [3.63, 3.8) is 0 Å². The molecule has 1 aliphatic rings. The van der Waals surface area contributed by atoms with E-state index in [2.05, 4.69) is 40.6 Å². The summed E-state index contributed by atoms with van der Waals surface area (Å²) in [6.07, 6.45) is 7.49. The van der Waals surface area contributed by atoms with E-state index >= 15 is 0 Å². The number of carboxylic acid groups (broad SMARTS) is 1. The highest BCUT2D eigenvalue weighted by Crippen LogP contribution is 2.40. The van der Waals surface area contributed by atoms with Crippen LogP contribution in [0.2, 0.25) is 0 Å². The molecule has 0 aliphatic heterocycles. The van der Waals surface area contributed by atoms with Crippen LogP contribution in [0.4, 0.5) is 5.69 Å². The minimum absolute atomic E-state index is 0.00292. The third kappa shape index (κ3) is 5.30. The summed E-state index contributed by atoms with van der Waals surface area (Å²) in [7, 11) is 0. The minimum Gasteiger partial charge on any atom is -0.481 e. The maximum Gasteiger partial charge on any atom is 0.303 e. The van der Waals surface area contributed by atoms with E-state index < -0.39 is 5.97 Å². The third-order valence-electron chi connectivity index (χ3n) is 6.69. The maximum absolute atomic E-state index is 13.5. The molecular weight excluding hydrogens is 412 g/mol. The first-order chi connectivity index (χ1) is 15.9. The number of hydrogen-bond acceptors (Lipinski definition) is 3. The molecule has 0 saturated heterocycles. The van der Waals surface area contributed by atoms with Gasteiger partial charge in [0.1, 0.15) is 0 Å². The number of nitrogens with one attached hydrogen (secondary N) is 1. The normalized spacial score (nSPS) is 14.4. The van der Waals surface area contributed by atoms with Crippen molar-refractivity contribution in [3.05, 3.63) is 83.2 Å². The number of carboxylic acids is 1.